The Hall–Kier alpha value is -1.20. The van der Waals surface area contributed by atoms with Crippen molar-refractivity contribution >= 4 is 5.82 Å². The largest absolute Gasteiger partial charge is 0.387 e. The number of aliphatic hydroxyl groups is 1. The lowest BCUT2D eigenvalue weighted by atomic mass is 9.92. The van der Waals surface area contributed by atoms with Gasteiger partial charge in [-0.05, 0) is 40.8 Å². The molecule has 1 atom stereocenters. The summed E-state index contributed by atoms with van der Waals surface area (Å²) in [6.45, 7) is 6.32. The fraction of sp³-hybridized carbons (Fsp3) is 0.714. The molecule has 1 aromatic heterocycles. The minimum absolute atomic E-state index is 0.641. The minimum Gasteiger partial charge on any atom is -0.387 e. The molecule has 0 bridgehead atoms. The van der Waals surface area contributed by atoms with Gasteiger partial charge in [-0.15, -0.1) is 0 Å². The van der Waals surface area contributed by atoms with Crippen LogP contribution < -0.4 is 4.90 Å². The Morgan fingerprint density at radius 2 is 2.11 bits per heavy atom. The third-order valence-electron chi connectivity index (χ3n) is 3.77. The molecule has 1 fully saturated rings. The van der Waals surface area contributed by atoms with Crippen molar-refractivity contribution in [1.29, 1.82) is 0 Å². The predicted molar refractivity (Wildman–Crippen MR) is 76.5 cm³/mol. The van der Waals surface area contributed by atoms with E-state index in [1.165, 1.54) is 0 Å². The number of aromatic nitrogens is 2. The summed E-state index contributed by atoms with van der Waals surface area (Å²) in [6, 6.07) is 0. The fourth-order valence-corrected chi connectivity index (χ4v) is 2.86. The summed E-state index contributed by atoms with van der Waals surface area (Å²) < 4.78 is 0. The second-order valence-electron chi connectivity index (χ2n) is 5.89. The van der Waals surface area contributed by atoms with Crippen LogP contribution in [-0.2, 0) is 0 Å². The van der Waals surface area contributed by atoms with E-state index in [-0.39, 0.29) is 0 Å². The van der Waals surface area contributed by atoms with Gasteiger partial charge in [0.2, 0.25) is 0 Å². The molecule has 0 aliphatic carbocycles. The highest BCUT2D eigenvalue weighted by Crippen LogP contribution is 2.27. The number of nitrogens with zero attached hydrogens (tertiary/aromatic N) is 4. The number of hydrogen-bond donors (Lipinski definition) is 1. The molecule has 0 saturated carbocycles. The molecule has 5 nitrogen and oxygen atoms in total. The Kier molecular flexibility index (Phi) is 4.06. The third-order valence-corrected chi connectivity index (χ3v) is 3.77. The Balaban J connectivity index is 2.19. The highest BCUT2D eigenvalue weighted by atomic mass is 16.3. The van der Waals surface area contributed by atoms with Crippen molar-refractivity contribution in [2.75, 3.05) is 38.6 Å². The molecule has 0 radical (unpaired) electrons. The van der Waals surface area contributed by atoms with Gasteiger partial charge in [0, 0.05) is 30.9 Å². The molecule has 0 aromatic carbocycles. The predicted octanol–water partition coefficient (Wildman–Crippen LogP) is 0.986. The van der Waals surface area contributed by atoms with Crippen molar-refractivity contribution in [3.8, 4) is 0 Å². The van der Waals surface area contributed by atoms with Gasteiger partial charge in [0.05, 0.1) is 5.60 Å². The Morgan fingerprint density at radius 1 is 1.37 bits per heavy atom. The van der Waals surface area contributed by atoms with Gasteiger partial charge in [-0.25, -0.2) is 9.97 Å². The van der Waals surface area contributed by atoms with Crippen LogP contribution in [0.25, 0.3) is 0 Å². The lowest BCUT2D eigenvalue weighted by Gasteiger charge is -2.41. The van der Waals surface area contributed by atoms with Gasteiger partial charge in [-0.2, -0.15) is 0 Å². The number of rotatable bonds is 3. The van der Waals surface area contributed by atoms with Crippen LogP contribution in [0.1, 0.15) is 24.1 Å². The summed E-state index contributed by atoms with van der Waals surface area (Å²) >= 11 is 0. The second-order valence-corrected chi connectivity index (χ2v) is 5.89. The third kappa shape index (κ3) is 3.22. The molecule has 19 heavy (non-hydrogen) atoms. The van der Waals surface area contributed by atoms with Crippen LogP contribution in [0.15, 0.2) is 6.33 Å². The van der Waals surface area contributed by atoms with Gasteiger partial charge < -0.3 is 14.9 Å². The number of β-amino-alcohol motifs (C(OH)–C–C–N with tert-alkyl or cyclic N) is 1. The van der Waals surface area contributed by atoms with Crippen LogP contribution in [0, 0.1) is 13.8 Å². The first kappa shape index (κ1) is 14.2. The van der Waals surface area contributed by atoms with Crippen LogP contribution in [0.3, 0.4) is 0 Å². The van der Waals surface area contributed by atoms with Gasteiger partial charge in [-0.3, -0.25) is 0 Å². The zero-order valence-electron chi connectivity index (χ0n) is 12.3. The van der Waals surface area contributed by atoms with Gasteiger partial charge in [-0.1, -0.05) is 0 Å². The smallest absolute Gasteiger partial charge is 0.135 e. The molecule has 1 N–H and O–H groups in total. The average Bonchev–Trinajstić information content (AvgIpc) is 2.31. The number of aryl methyl sites for hydroxylation is 1. The van der Waals surface area contributed by atoms with Crippen LogP contribution in [0.2, 0.25) is 0 Å². The van der Waals surface area contributed by atoms with Crippen molar-refractivity contribution in [3.05, 3.63) is 17.6 Å². The quantitative estimate of drug-likeness (QED) is 0.882. The number of anilines is 1. The molecule has 0 spiro atoms. The minimum atomic E-state index is -0.646. The first-order valence-electron chi connectivity index (χ1n) is 6.81. The second kappa shape index (κ2) is 5.43. The average molecular weight is 264 g/mol. The molecular formula is C14H24N4O. The van der Waals surface area contributed by atoms with Gasteiger partial charge in [0.25, 0.3) is 0 Å². The summed E-state index contributed by atoms with van der Waals surface area (Å²) in [7, 11) is 3.99. The first-order valence-corrected chi connectivity index (χ1v) is 6.81. The van der Waals surface area contributed by atoms with E-state index in [1.807, 2.05) is 32.8 Å². The summed E-state index contributed by atoms with van der Waals surface area (Å²) in [4.78, 5) is 12.8. The molecule has 2 heterocycles. The molecule has 1 aromatic rings. The fourth-order valence-electron chi connectivity index (χ4n) is 2.86. The van der Waals surface area contributed by atoms with E-state index >= 15 is 0 Å². The molecule has 0 amide bonds. The highest BCUT2D eigenvalue weighted by molar-refractivity contribution is 5.48. The van der Waals surface area contributed by atoms with E-state index in [1.54, 1.807) is 6.33 Å². The number of piperidine rings is 1. The standard InChI is InChI=1S/C14H24N4O/c1-11-12(2)15-10-16-13(11)18-7-5-6-14(19,9-18)8-17(3)4/h10,19H,5-9H2,1-4H3/t14-/m0/s1. The summed E-state index contributed by atoms with van der Waals surface area (Å²) in [5.41, 5.74) is 1.47. The summed E-state index contributed by atoms with van der Waals surface area (Å²) in [6.07, 6.45) is 3.45. The Morgan fingerprint density at radius 3 is 2.79 bits per heavy atom. The number of hydrogen-bond acceptors (Lipinski definition) is 5. The molecule has 5 heteroatoms. The zero-order chi connectivity index (χ0) is 14.0. The van der Waals surface area contributed by atoms with Crippen LogP contribution in [0.5, 0.6) is 0 Å². The summed E-state index contributed by atoms with van der Waals surface area (Å²) in [5, 5.41) is 10.7. The van der Waals surface area contributed by atoms with E-state index in [0.717, 1.165) is 36.5 Å². The molecule has 0 unspecified atom stereocenters. The topological polar surface area (TPSA) is 52.5 Å². The summed E-state index contributed by atoms with van der Waals surface area (Å²) in [5.74, 6) is 0.962. The normalized spacial score (nSPS) is 24.0. The Bertz CT molecular complexity index is 449. The molecule has 106 valence electrons. The van der Waals surface area contributed by atoms with Crippen LogP contribution >= 0.6 is 0 Å². The van der Waals surface area contributed by atoms with Crippen LogP contribution in [0.4, 0.5) is 5.82 Å². The van der Waals surface area contributed by atoms with E-state index in [4.69, 9.17) is 0 Å². The molecule has 1 aliphatic rings. The van der Waals surface area contributed by atoms with E-state index in [0.29, 0.717) is 13.1 Å². The lowest BCUT2D eigenvalue weighted by Crippen LogP contribution is -2.53. The molecule has 1 saturated heterocycles. The van der Waals surface area contributed by atoms with Crippen molar-refractivity contribution in [3.63, 3.8) is 0 Å². The monoisotopic (exact) mass is 264 g/mol. The van der Waals surface area contributed by atoms with Crippen LogP contribution in [-0.4, -0.2) is 59.3 Å². The lowest BCUT2D eigenvalue weighted by molar-refractivity contribution is 0.00349. The van der Waals surface area contributed by atoms with Crippen molar-refractivity contribution < 1.29 is 5.11 Å². The SMILES string of the molecule is Cc1ncnc(N2CCC[C@](O)(CN(C)C)C2)c1C. The molecule has 1 aliphatic heterocycles. The van der Waals surface area contributed by atoms with E-state index in [2.05, 4.69) is 14.9 Å². The number of likely N-dealkylation sites (N-methyl/N-ethyl adjacent to an activating group) is 1. The van der Waals surface area contributed by atoms with Gasteiger partial charge >= 0.3 is 0 Å². The zero-order valence-corrected chi connectivity index (χ0v) is 12.3. The molecular weight excluding hydrogens is 240 g/mol. The first-order chi connectivity index (χ1) is 8.91. The maximum Gasteiger partial charge on any atom is 0.135 e. The van der Waals surface area contributed by atoms with Crippen molar-refractivity contribution in [1.82, 2.24) is 14.9 Å². The highest BCUT2D eigenvalue weighted by Gasteiger charge is 2.34. The molecule has 2 rings (SSSR count). The van der Waals surface area contributed by atoms with Gasteiger partial charge in [0.1, 0.15) is 12.1 Å². The van der Waals surface area contributed by atoms with E-state index < -0.39 is 5.60 Å². The van der Waals surface area contributed by atoms with Gasteiger partial charge in [0.15, 0.2) is 0 Å². The van der Waals surface area contributed by atoms with Crippen molar-refractivity contribution in [2.24, 2.45) is 0 Å². The Labute approximate surface area is 115 Å². The van der Waals surface area contributed by atoms with E-state index in [9.17, 15) is 5.11 Å². The maximum atomic E-state index is 10.7. The van der Waals surface area contributed by atoms with Crippen molar-refractivity contribution in [2.45, 2.75) is 32.3 Å². The maximum absolute atomic E-state index is 10.7.